The molecule has 0 aliphatic rings. The van der Waals surface area contributed by atoms with Gasteiger partial charge in [-0.15, -0.1) is 0 Å². The first-order valence-electron chi connectivity index (χ1n) is 7.80. The number of rotatable bonds is 3. The van der Waals surface area contributed by atoms with Gasteiger partial charge in [0.2, 0.25) is 0 Å². The fourth-order valence-electron chi connectivity index (χ4n) is 3.01. The molecule has 1 aromatic heterocycles. The average Bonchev–Trinajstić information content (AvgIpc) is 2.88. The zero-order valence-corrected chi connectivity index (χ0v) is 15.6. The summed E-state index contributed by atoms with van der Waals surface area (Å²) in [7, 11) is 2.15. The molecule has 0 atom stereocenters. The third kappa shape index (κ3) is 2.79. The maximum absolute atomic E-state index is 3.62. The molecule has 4 rings (SSSR count). The lowest BCUT2D eigenvalue weighted by Gasteiger charge is -2.08. The van der Waals surface area contributed by atoms with Crippen LogP contribution in [0.3, 0.4) is 0 Å². The highest BCUT2D eigenvalue weighted by atomic mass is 79.9. The second-order valence-corrected chi connectivity index (χ2v) is 7.68. The van der Waals surface area contributed by atoms with Gasteiger partial charge >= 0.3 is 0 Å². The number of aryl methyl sites for hydroxylation is 1. The quantitative estimate of drug-likeness (QED) is 0.372. The predicted molar refractivity (Wildman–Crippen MR) is 107 cm³/mol. The summed E-state index contributed by atoms with van der Waals surface area (Å²) >= 11 is 5.45. The van der Waals surface area contributed by atoms with E-state index in [4.69, 9.17) is 0 Å². The summed E-state index contributed by atoms with van der Waals surface area (Å²) in [5.74, 6) is 0. The van der Waals surface area contributed by atoms with E-state index in [-0.39, 0.29) is 0 Å². The van der Waals surface area contributed by atoms with Crippen molar-refractivity contribution in [3.8, 4) is 11.3 Å². The summed E-state index contributed by atoms with van der Waals surface area (Å²) in [6.07, 6.45) is 0. The van der Waals surface area contributed by atoms with E-state index in [0.717, 1.165) is 4.47 Å². The lowest BCUT2D eigenvalue weighted by atomic mass is 10.1. The van der Waals surface area contributed by atoms with Gasteiger partial charge in [-0.05, 0) is 35.9 Å². The van der Waals surface area contributed by atoms with Gasteiger partial charge in [-0.2, -0.15) is 0 Å². The molecule has 1 heterocycles. The Kier molecular flexibility index (Phi) is 4.21. The molecule has 0 amide bonds. The molecule has 0 bridgehead atoms. The van der Waals surface area contributed by atoms with Gasteiger partial charge in [0.05, 0.1) is 5.69 Å². The molecular formula is C21H16BrNS. The maximum Gasteiger partial charge on any atom is 0.0630 e. The third-order valence-corrected chi connectivity index (χ3v) is 5.74. The van der Waals surface area contributed by atoms with E-state index in [2.05, 4.69) is 106 Å². The van der Waals surface area contributed by atoms with Crippen molar-refractivity contribution >= 4 is 38.6 Å². The molecular weight excluding hydrogens is 378 g/mol. The van der Waals surface area contributed by atoms with Crippen molar-refractivity contribution in [1.82, 2.24) is 4.57 Å². The maximum atomic E-state index is 3.62. The van der Waals surface area contributed by atoms with Crippen molar-refractivity contribution in [3.05, 3.63) is 83.3 Å². The highest BCUT2D eigenvalue weighted by molar-refractivity contribution is 9.10. The Bertz CT molecular complexity index is 991. The Morgan fingerprint density at radius 1 is 0.833 bits per heavy atom. The Balaban J connectivity index is 1.99. The van der Waals surface area contributed by atoms with Gasteiger partial charge in [-0.25, -0.2) is 0 Å². The molecule has 0 radical (unpaired) electrons. The standard InChI is InChI=1S/C21H16BrNS/c1-23-19-13-12-16(22)14-18(19)21(24-17-10-6-3-7-11-17)20(23)15-8-4-2-5-9-15/h2-14H,1H3. The van der Waals surface area contributed by atoms with Gasteiger partial charge in [-0.1, -0.05) is 76.2 Å². The summed E-state index contributed by atoms with van der Waals surface area (Å²) in [5, 5.41) is 1.28. The minimum Gasteiger partial charge on any atom is -0.343 e. The Morgan fingerprint density at radius 2 is 1.50 bits per heavy atom. The van der Waals surface area contributed by atoms with Crippen molar-refractivity contribution in [3.63, 3.8) is 0 Å². The van der Waals surface area contributed by atoms with Crippen LogP contribution < -0.4 is 0 Å². The number of aromatic nitrogens is 1. The average molecular weight is 394 g/mol. The number of nitrogens with zero attached hydrogens (tertiary/aromatic N) is 1. The molecule has 0 saturated heterocycles. The first-order chi connectivity index (χ1) is 11.7. The Hall–Kier alpha value is -1.97. The van der Waals surface area contributed by atoms with Crippen LogP contribution in [0.5, 0.6) is 0 Å². The van der Waals surface area contributed by atoms with Gasteiger partial charge in [0.25, 0.3) is 0 Å². The normalized spacial score (nSPS) is 11.1. The molecule has 0 saturated carbocycles. The van der Waals surface area contributed by atoms with Crippen LogP contribution in [0.15, 0.2) is 93.1 Å². The van der Waals surface area contributed by atoms with Crippen LogP contribution in [0.4, 0.5) is 0 Å². The molecule has 4 aromatic rings. The summed E-state index contributed by atoms with van der Waals surface area (Å²) in [5.41, 5.74) is 3.75. The minimum atomic E-state index is 1.11. The monoisotopic (exact) mass is 393 g/mol. The van der Waals surface area contributed by atoms with Crippen molar-refractivity contribution < 1.29 is 0 Å². The van der Waals surface area contributed by atoms with Crippen LogP contribution in [0.25, 0.3) is 22.2 Å². The second kappa shape index (κ2) is 6.50. The SMILES string of the molecule is Cn1c(-c2ccccc2)c(Sc2ccccc2)c2cc(Br)ccc21. The molecule has 0 aliphatic heterocycles. The number of halogens is 1. The summed E-state index contributed by atoms with van der Waals surface area (Å²) < 4.78 is 3.40. The van der Waals surface area contributed by atoms with E-state index in [9.17, 15) is 0 Å². The number of benzene rings is 3. The smallest absolute Gasteiger partial charge is 0.0630 e. The van der Waals surface area contributed by atoms with Gasteiger partial charge in [-0.3, -0.25) is 0 Å². The summed E-state index contributed by atoms with van der Waals surface area (Å²) in [6.45, 7) is 0. The minimum absolute atomic E-state index is 1.11. The molecule has 0 spiro atoms. The number of hydrogen-bond donors (Lipinski definition) is 0. The van der Waals surface area contributed by atoms with Crippen LogP contribution >= 0.6 is 27.7 Å². The molecule has 0 aliphatic carbocycles. The van der Waals surface area contributed by atoms with Crippen LogP contribution in [-0.4, -0.2) is 4.57 Å². The lowest BCUT2D eigenvalue weighted by Crippen LogP contribution is -1.91. The summed E-state index contributed by atoms with van der Waals surface area (Å²) in [6, 6.07) is 27.7. The first-order valence-corrected chi connectivity index (χ1v) is 9.41. The van der Waals surface area contributed by atoms with E-state index >= 15 is 0 Å². The van der Waals surface area contributed by atoms with Crippen LogP contribution in [-0.2, 0) is 7.05 Å². The Morgan fingerprint density at radius 3 is 2.21 bits per heavy atom. The third-order valence-electron chi connectivity index (χ3n) is 4.13. The number of fused-ring (bicyclic) bond motifs is 1. The van der Waals surface area contributed by atoms with Crippen molar-refractivity contribution in [2.75, 3.05) is 0 Å². The molecule has 3 aromatic carbocycles. The van der Waals surface area contributed by atoms with Gasteiger partial charge in [0.15, 0.2) is 0 Å². The topological polar surface area (TPSA) is 4.93 Å². The molecule has 1 nitrogen and oxygen atoms in total. The van der Waals surface area contributed by atoms with Gasteiger partial charge < -0.3 is 4.57 Å². The fourth-order valence-corrected chi connectivity index (χ4v) is 4.53. The van der Waals surface area contributed by atoms with Crippen molar-refractivity contribution in [2.45, 2.75) is 9.79 Å². The molecule has 0 unspecified atom stereocenters. The van der Waals surface area contributed by atoms with Gasteiger partial charge in [0.1, 0.15) is 0 Å². The number of hydrogen-bond acceptors (Lipinski definition) is 1. The molecule has 0 N–H and O–H groups in total. The van der Waals surface area contributed by atoms with Crippen LogP contribution in [0.2, 0.25) is 0 Å². The summed E-state index contributed by atoms with van der Waals surface area (Å²) in [4.78, 5) is 2.55. The highest BCUT2D eigenvalue weighted by Crippen LogP contribution is 2.43. The molecule has 0 fully saturated rings. The zero-order chi connectivity index (χ0) is 16.5. The van der Waals surface area contributed by atoms with Gasteiger partial charge in [0, 0.05) is 32.2 Å². The second-order valence-electron chi connectivity index (χ2n) is 5.68. The first kappa shape index (κ1) is 15.6. The molecule has 118 valence electrons. The van der Waals surface area contributed by atoms with Crippen molar-refractivity contribution in [1.29, 1.82) is 0 Å². The van der Waals surface area contributed by atoms with E-state index in [1.807, 2.05) is 11.8 Å². The lowest BCUT2D eigenvalue weighted by molar-refractivity contribution is 0.968. The predicted octanol–water partition coefficient (Wildman–Crippen LogP) is 6.76. The molecule has 3 heteroatoms. The van der Waals surface area contributed by atoms with E-state index < -0.39 is 0 Å². The largest absolute Gasteiger partial charge is 0.343 e. The fraction of sp³-hybridized carbons (Fsp3) is 0.0476. The van der Waals surface area contributed by atoms with Crippen LogP contribution in [0.1, 0.15) is 0 Å². The molecule has 24 heavy (non-hydrogen) atoms. The Labute approximate surface area is 154 Å². The van der Waals surface area contributed by atoms with Crippen molar-refractivity contribution in [2.24, 2.45) is 7.05 Å². The van der Waals surface area contributed by atoms with E-state index in [1.165, 1.54) is 32.0 Å². The van der Waals surface area contributed by atoms with E-state index in [0.29, 0.717) is 0 Å². The van der Waals surface area contributed by atoms with Crippen LogP contribution in [0, 0.1) is 0 Å². The zero-order valence-electron chi connectivity index (χ0n) is 13.2. The highest BCUT2D eigenvalue weighted by Gasteiger charge is 2.17. The van der Waals surface area contributed by atoms with E-state index in [1.54, 1.807) is 0 Å².